The maximum atomic E-state index is 11.7. The molecule has 0 spiro atoms. The van der Waals surface area contributed by atoms with Crippen molar-refractivity contribution >= 4 is 12.0 Å². The van der Waals surface area contributed by atoms with E-state index >= 15 is 0 Å². The molecule has 2 amide bonds. The van der Waals surface area contributed by atoms with E-state index in [-0.39, 0.29) is 25.2 Å². The molecule has 0 heterocycles. The highest BCUT2D eigenvalue weighted by atomic mass is 16.4. The number of carboxylic acids is 1. The highest BCUT2D eigenvalue weighted by Crippen LogP contribution is 2.34. The maximum Gasteiger partial charge on any atom is 0.323 e. The molecule has 0 aromatic rings. The van der Waals surface area contributed by atoms with E-state index in [1.54, 1.807) is 0 Å². The van der Waals surface area contributed by atoms with Crippen molar-refractivity contribution in [3.8, 4) is 12.3 Å². The summed E-state index contributed by atoms with van der Waals surface area (Å²) in [6.07, 6.45) is 8.28. The van der Waals surface area contributed by atoms with E-state index in [0.717, 1.165) is 24.2 Å². The molecule has 2 unspecified atom stereocenters. The van der Waals surface area contributed by atoms with Gasteiger partial charge in [-0.05, 0) is 18.8 Å². The fraction of sp³-hybridized carbons (Fsp3) is 0.667. The van der Waals surface area contributed by atoms with Crippen molar-refractivity contribution in [2.45, 2.75) is 32.2 Å². The van der Waals surface area contributed by atoms with Crippen LogP contribution in [0.5, 0.6) is 0 Å². The fourth-order valence-corrected chi connectivity index (χ4v) is 1.84. The Morgan fingerprint density at radius 1 is 1.59 bits per heavy atom. The summed E-state index contributed by atoms with van der Waals surface area (Å²) in [7, 11) is 0. The summed E-state index contributed by atoms with van der Waals surface area (Å²) >= 11 is 0. The van der Waals surface area contributed by atoms with Crippen molar-refractivity contribution in [2.75, 3.05) is 13.1 Å². The molecule has 2 atom stereocenters. The van der Waals surface area contributed by atoms with Crippen LogP contribution in [0.2, 0.25) is 0 Å². The lowest BCUT2D eigenvalue weighted by atomic mass is 10.2. The monoisotopic (exact) mass is 238 g/mol. The fourth-order valence-electron chi connectivity index (χ4n) is 1.84. The number of rotatable bonds is 6. The van der Waals surface area contributed by atoms with E-state index in [1.165, 1.54) is 0 Å². The number of carboxylic acid groups (broad SMARTS) is 1. The van der Waals surface area contributed by atoms with Crippen LogP contribution >= 0.6 is 0 Å². The smallest absolute Gasteiger partial charge is 0.323 e. The molecule has 1 fully saturated rings. The van der Waals surface area contributed by atoms with E-state index in [0.29, 0.717) is 5.92 Å². The number of aliphatic carboxylic acids is 1. The molecule has 17 heavy (non-hydrogen) atoms. The molecule has 0 aromatic carbocycles. The lowest BCUT2D eigenvalue weighted by Crippen LogP contribution is -2.44. The molecule has 1 saturated carbocycles. The minimum absolute atomic E-state index is 0.0172. The van der Waals surface area contributed by atoms with Gasteiger partial charge in [-0.2, -0.15) is 0 Å². The third-order valence-electron chi connectivity index (χ3n) is 2.79. The summed E-state index contributed by atoms with van der Waals surface area (Å²) in [5.74, 6) is 1.77. The van der Waals surface area contributed by atoms with Gasteiger partial charge in [0, 0.05) is 6.04 Å². The van der Waals surface area contributed by atoms with Gasteiger partial charge in [-0.15, -0.1) is 6.42 Å². The molecular weight excluding hydrogens is 220 g/mol. The van der Waals surface area contributed by atoms with Gasteiger partial charge in [-0.25, -0.2) is 4.79 Å². The SMILES string of the molecule is C#CCN(CC(=O)O)C(=O)NC1CC1CCC. The molecule has 5 heteroatoms. The van der Waals surface area contributed by atoms with Crippen LogP contribution in [-0.2, 0) is 4.79 Å². The Balaban J connectivity index is 2.38. The number of carbonyl (C=O) groups excluding carboxylic acids is 1. The van der Waals surface area contributed by atoms with Gasteiger partial charge < -0.3 is 15.3 Å². The topological polar surface area (TPSA) is 69.6 Å². The second-order valence-corrected chi connectivity index (χ2v) is 4.29. The van der Waals surface area contributed by atoms with Crippen molar-refractivity contribution in [3.63, 3.8) is 0 Å². The molecule has 5 nitrogen and oxygen atoms in total. The molecule has 94 valence electrons. The zero-order chi connectivity index (χ0) is 12.8. The van der Waals surface area contributed by atoms with Gasteiger partial charge >= 0.3 is 12.0 Å². The van der Waals surface area contributed by atoms with Gasteiger partial charge in [-0.1, -0.05) is 19.3 Å². The van der Waals surface area contributed by atoms with Gasteiger partial charge in [-0.3, -0.25) is 4.79 Å². The molecule has 0 saturated heterocycles. The van der Waals surface area contributed by atoms with Crippen LogP contribution in [0.4, 0.5) is 4.79 Å². The van der Waals surface area contributed by atoms with Crippen molar-refractivity contribution in [1.29, 1.82) is 0 Å². The number of urea groups is 1. The predicted molar refractivity (Wildman–Crippen MR) is 63.4 cm³/mol. The van der Waals surface area contributed by atoms with E-state index in [2.05, 4.69) is 18.2 Å². The lowest BCUT2D eigenvalue weighted by Gasteiger charge is -2.18. The summed E-state index contributed by atoms with van der Waals surface area (Å²) in [6, 6.07) is -0.189. The number of carbonyl (C=O) groups is 2. The minimum Gasteiger partial charge on any atom is -0.480 e. The molecule has 0 bridgehead atoms. The quantitative estimate of drug-likeness (QED) is 0.676. The summed E-state index contributed by atoms with van der Waals surface area (Å²) < 4.78 is 0. The average Bonchev–Trinajstić information content (AvgIpc) is 2.95. The first-order valence-corrected chi connectivity index (χ1v) is 5.79. The lowest BCUT2D eigenvalue weighted by molar-refractivity contribution is -0.137. The number of hydrogen-bond donors (Lipinski definition) is 2. The van der Waals surface area contributed by atoms with Gasteiger partial charge in [0.25, 0.3) is 0 Å². The molecule has 0 aliphatic heterocycles. The van der Waals surface area contributed by atoms with Gasteiger partial charge in [0.1, 0.15) is 6.54 Å². The van der Waals surface area contributed by atoms with Crippen LogP contribution in [0, 0.1) is 18.3 Å². The number of hydrogen-bond acceptors (Lipinski definition) is 2. The molecule has 1 rings (SSSR count). The normalized spacial score (nSPS) is 21.4. The van der Waals surface area contributed by atoms with Crippen LogP contribution in [0.1, 0.15) is 26.2 Å². The zero-order valence-electron chi connectivity index (χ0n) is 9.98. The summed E-state index contributed by atoms with van der Waals surface area (Å²) in [5.41, 5.74) is 0. The molecule has 1 aliphatic rings. The Kier molecular flexibility index (Phi) is 4.83. The highest BCUT2D eigenvalue weighted by molar-refractivity contribution is 5.80. The first-order chi connectivity index (χ1) is 8.08. The maximum absolute atomic E-state index is 11.7. The number of nitrogens with one attached hydrogen (secondary N) is 1. The number of nitrogens with zero attached hydrogens (tertiary/aromatic N) is 1. The Hall–Kier alpha value is -1.70. The molecule has 2 N–H and O–H groups in total. The molecule has 0 aromatic heterocycles. The van der Waals surface area contributed by atoms with E-state index in [4.69, 9.17) is 11.5 Å². The van der Waals surface area contributed by atoms with Crippen LogP contribution in [0.25, 0.3) is 0 Å². The highest BCUT2D eigenvalue weighted by Gasteiger charge is 2.38. The van der Waals surface area contributed by atoms with Crippen molar-refractivity contribution in [1.82, 2.24) is 10.2 Å². The molecule has 1 aliphatic carbocycles. The van der Waals surface area contributed by atoms with E-state index in [1.807, 2.05) is 0 Å². The third-order valence-corrected chi connectivity index (χ3v) is 2.79. The summed E-state index contributed by atoms with van der Waals surface area (Å²) in [6.45, 7) is 1.76. The van der Waals surface area contributed by atoms with Gasteiger partial charge in [0.15, 0.2) is 0 Å². The van der Waals surface area contributed by atoms with E-state index < -0.39 is 5.97 Å². The van der Waals surface area contributed by atoms with E-state index in [9.17, 15) is 9.59 Å². The van der Waals surface area contributed by atoms with Crippen molar-refractivity contribution < 1.29 is 14.7 Å². The van der Waals surface area contributed by atoms with Crippen LogP contribution in [-0.4, -0.2) is 41.1 Å². The Bertz CT molecular complexity index is 335. The second-order valence-electron chi connectivity index (χ2n) is 4.29. The average molecular weight is 238 g/mol. The molecule has 0 radical (unpaired) electrons. The van der Waals surface area contributed by atoms with Gasteiger partial charge in [0.2, 0.25) is 0 Å². The Morgan fingerprint density at radius 2 is 2.29 bits per heavy atom. The van der Waals surface area contributed by atoms with Crippen LogP contribution < -0.4 is 5.32 Å². The first kappa shape index (κ1) is 13.4. The van der Waals surface area contributed by atoms with Crippen LogP contribution in [0.3, 0.4) is 0 Å². The predicted octanol–water partition coefficient (Wildman–Crippen LogP) is 0.904. The largest absolute Gasteiger partial charge is 0.480 e. The third kappa shape index (κ3) is 4.35. The Labute approximate surface area is 101 Å². The van der Waals surface area contributed by atoms with Crippen molar-refractivity contribution in [2.24, 2.45) is 5.92 Å². The summed E-state index contributed by atoms with van der Waals surface area (Å²) in [4.78, 5) is 23.4. The molecular formula is C12H18N2O3. The number of amides is 2. The summed E-state index contributed by atoms with van der Waals surface area (Å²) in [5, 5.41) is 11.5. The van der Waals surface area contributed by atoms with Crippen LogP contribution in [0.15, 0.2) is 0 Å². The minimum atomic E-state index is -1.06. The second kappa shape index (κ2) is 6.14. The van der Waals surface area contributed by atoms with Crippen molar-refractivity contribution in [3.05, 3.63) is 0 Å². The standard InChI is InChI=1S/C12H18N2O3/c1-3-5-9-7-10(9)13-12(17)14(6-4-2)8-11(15)16/h2,9-10H,3,5-8H2,1H3,(H,13,17)(H,15,16). The zero-order valence-corrected chi connectivity index (χ0v) is 9.98. The Morgan fingerprint density at radius 3 is 2.82 bits per heavy atom. The number of terminal acetylenes is 1. The first-order valence-electron chi connectivity index (χ1n) is 5.79. The van der Waals surface area contributed by atoms with Gasteiger partial charge in [0.05, 0.1) is 6.54 Å².